The first-order valence-corrected chi connectivity index (χ1v) is 8.04. The molecule has 1 aromatic carbocycles. The van der Waals surface area contributed by atoms with Crippen molar-refractivity contribution in [2.45, 2.75) is 20.3 Å². The SMILES string of the molecule is CCCOc1ccccc1/C=N\Nc1nc(C)c(C(=O)OC)s1. The minimum atomic E-state index is -0.393. The van der Waals surface area contributed by atoms with E-state index in [1.807, 2.05) is 24.3 Å². The van der Waals surface area contributed by atoms with Crippen LogP contribution in [0.25, 0.3) is 0 Å². The number of methoxy groups -OCH3 is 1. The number of thiazole rings is 1. The lowest BCUT2D eigenvalue weighted by Gasteiger charge is -2.07. The van der Waals surface area contributed by atoms with E-state index in [0.29, 0.717) is 22.3 Å². The Bertz CT molecular complexity index is 698. The molecule has 0 saturated carbocycles. The highest BCUT2D eigenvalue weighted by atomic mass is 32.1. The van der Waals surface area contributed by atoms with Crippen molar-refractivity contribution in [3.8, 4) is 5.75 Å². The van der Waals surface area contributed by atoms with E-state index in [1.54, 1.807) is 13.1 Å². The van der Waals surface area contributed by atoms with Crippen LogP contribution < -0.4 is 10.2 Å². The van der Waals surface area contributed by atoms with Crippen LogP contribution >= 0.6 is 11.3 Å². The lowest BCUT2D eigenvalue weighted by molar-refractivity contribution is 0.0605. The Morgan fingerprint density at radius 2 is 2.22 bits per heavy atom. The minimum Gasteiger partial charge on any atom is -0.493 e. The average Bonchev–Trinajstić information content (AvgIpc) is 2.94. The summed E-state index contributed by atoms with van der Waals surface area (Å²) in [5, 5.41) is 4.69. The second-order valence-electron chi connectivity index (χ2n) is 4.68. The molecule has 1 aromatic heterocycles. The Morgan fingerprint density at radius 1 is 1.43 bits per heavy atom. The first kappa shape index (κ1) is 17.0. The molecule has 122 valence electrons. The minimum absolute atomic E-state index is 0.393. The molecule has 2 aromatic rings. The molecule has 0 spiro atoms. The summed E-state index contributed by atoms with van der Waals surface area (Å²) in [6.07, 6.45) is 2.61. The van der Waals surface area contributed by atoms with Gasteiger partial charge < -0.3 is 9.47 Å². The number of benzene rings is 1. The first-order chi connectivity index (χ1) is 11.2. The number of nitrogens with zero attached hydrogens (tertiary/aromatic N) is 2. The lowest BCUT2D eigenvalue weighted by atomic mass is 10.2. The predicted molar refractivity (Wildman–Crippen MR) is 91.6 cm³/mol. The lowest BCUT2D eigenvalue weighted by Crippen LogP contribution is -1.99. The Labute approximate surface area is 139 Å². The van der Waals surface area contributed by atoms with E-state index in [0.717, 1.165) is 17.7 Å². The van der Waals surface area contributed by atoms with Crippen LogP contribution in [-0.2, 0) is 4.74 Å². The number of carbonyl (C=O) groups excluding carboxylic acids is 1. The number of ether oxygens (including phenoxy) is 2. The van der Waals surface area contributed by atoms with Gasteiger partial charge in [0.15, 0.2) is 0 Å². The van der Waals surface area contributed by atoms with E-state index < -0.39 is 5.97 Å². The van der Waals surface area contributed by atoms with E-state index in [4.69, 9.17) is 9.47 Å². The number of esters is 1. The highest BCUT2D eigenvalue weighted by molar-refractivity contribution is 7.17. The van der Waals surface area contributed by atoms with Gasteiger partial charge in [0.25, 0.3) is 0 Å². The molecule has 2 rings (SSSR count). The molecule has 0 aliphatic carbocycles. The van der Waals surface area contributed by atoms with Gasteiger partial charge in [-0.1, -0.05) is 30.4 Å². The third-order valence-corrected chi connectivity index (χ3v) is 3.95. The normalized spacial score (nSPS) is 10.7. The Hall–Kier alpha value is -2.41. The number of anilines is 1. The molecular weight excluding hydrogens is 314 g/mol. The van der Waals surface area contributed by atoms with E-state index in [2.05, 4.69) is 22.4 Å². The van der Waals surface area contributed by atoms with Crippen molar-refractivity contribution in [3.63, 3.8) is 0 Å². The number of nitrogens with one attached hydrogen (secondary N) is 1. The third-order valence-electron chi connectivity index (χ3n) is 2.91. The summed E-state index contributed by atoms with van der Waals surface area (Å²) in [4.78, 5) is 16.3. The highest BCUT2D eigenvalue weighted by Crippen LogP contribution is 2.23. The maximum absolute atomic E-state index is 11.6. The molecule has 0 bridgehead atoms. The van der Waals surface area contributed by atoms with Gasteiger partial charge in [-0.3, -0.25) is 5.43 Å². The van der Waals surface area contributed by atoms with Crippen LogP contribution in [0.5, 0.6) is 5.75 Å². The maximum Gasteiger partial charge on any atom is 0.350 e. The van der Waals surface area contributed by atoms with E-state index in [-0.39, 0.29) is 0 Å². The molecule has 0 atom stereocenters. The molecule has 0 saturated heterocycles. The van der Waals surface area contributed by atoms with Gasteiger partial charge in [-0.25, -0.2) is 9.78 Å². The second-order valence-corrected chi connectivity index (χ2v) is 5.68. The molecule has 0 amide bonds. The number of rotatable bonds is 7. The predicted octanol–water partition coefficient (Wildman–Crippen LogP) is 3.47. The zero-order valence-corrected chi connectivity index (χ0v) is 14.1. The summed E-state index contributed by atoms with van der Waals surface area (Å²) in [7, 11) is 1.35. The Morgan fingerprint density at radius 3 is 2.96 bits per heavy atom. The molecule has 1 N–H and O–H groups in total. The largest absolute Gasteiger partial charge is 0.493 e. The summed E-state index contributed by atoms with van der Waals surface area (Å²) in [5.74, 6) is 0.390. The standard InChI is InChI=1S/C16H19N3O3S/c1-4-9-22-13-8-6-5-7-12(13)10-17-19-16-18-11(2)14(23-16)15(20)21-3/h5-8,10H,4,9H2,1-3H3,(H,18,19)/b17-10-. The quantitative estimate of drug-likeness (QED) is 0.477. The number of para-hydroxylation sites is 1. The molecule has 0 aliphatic rings. The second kappa shape index (κ2) is 8.28. The molecule has 0 unspecified atom stereocenters. The Kier molecular flexibility index (Phi) is 6.10. The van der Waals surface area contributed by atoms with Gasteiger partial charge >= 0.3 is 5.97 Å². The zero-order chi connectivity index (χ0) is 16.7. The van der Waals surface area contributed by atoms with Gasteiger partial charge in [0.2, 0.25) is 5.13 Å². The van der Waals surface area contributed by atoms with E-state index >= 15 is 0 Å². The summed E-state index contributed by atoms with van der Waals surface area (Å²) >= 11 is 1.20. The molecule has 0 radical (unpaired) electrons. The summed E-state index contributed by atoms with van der Waals surface area (Å²) in [6.45, 7) is 4.47. The average molecular weight is 333 g/mol. The highest BCUT2D eigenvalue weighted by Gasteiger charge is 2.15. The first-order valence-electron chi connectivity index (χ1n) is 7.22. The molecule has 7 heteroatoms. The van der Waals surface area contributed by atoms with Crippen LogP contribution in [0.15, 0.2) is 29.4 Å². The zero-order valence-electron chi connectivity index (χ0n) is 13.3. The van der Waals surface area contributed by atoms with Crippen molar-refractivity contribution < 1.29 is 14.3 Å². The van der Waals surface area contributed by atoms with Gasteiger partial charge in [0.1, 0.15) is 10.6 Å². The number of aromatic nitrogens is 1. The third kappa shape index (κ3) is 4.53. The molecule has 1 heterocycles. The molecule has 0 fully saturated rings. The van der Waals surface area contributed by atoms with Crippen molar-refractivity contribution in [2.24, 2.45) is 5.10 Å². The molecular formula is C16H19N3O3S. The van der Waals surface area contributed by atoms with Crippen LogP contribution in [-0.4, -0.2) is 30.9 Å². The van der Waals surface area contributed by atoms with Crippen molar-refractivity contribution in [1.29, 1.82) is 0 Å². The smallest absolute Gasteiger partial charge is 0.350 e. The number of hydrogen-bond acceptors (Lipinski definition) is 7. The van der Waals surface area contributed by atoms with Crippen LogP contribution in [0.2, 0.25) is 0 Å². The molecule has 6 nitrogen and oxygen atoms in total. The topological polar surface area (TPSA) is 72.8 Å². The number of carbonyl (C=O) groups is 1. The number of aryl methyl sites for hydroxylation is 1. The van der Waals surface area contributed by atoms with Crippen LogP contribution in [0.1, 0.15) is 34.3 Å². The van der Waals surface area contributed by atoms with E-state index in [9.17, 15) is 4.79 Å². The van der Waals surface area contributed by atoms with Crippen LogP contribution in [0, 0.1) is 6.92 Å². The van der Waals surface area contributed by atoms with Crippen LogP contribution in [0.4, 0.5) is 5.13 Å². The van der Waals surface area contributed by atoms with Gasteiger partial charge in [-0.05, 0) is 25.5 Å². The van der Waals surface area contributed by atoms with Crippen molar-refractivity contribution in [1.82, 2.24) is 4.98 Å². The van der Waals surface area contributed by atoms with Crippen LogP contribution in [0.3, 0.4) is 0 Å². The summed E-state index contributed by atoms with van der Waals surface area (Å²) in [6, 6.07) is 7.66. The fraction of sp³-hybridized carbons (Fsp3) is 0.312. The van der Waals surface area contributed by atoms with Gasteiger partial charge in [-0.15, -0.1) is 0 Å². The fourth-order valence-corrected chi connectivity index (χ4v) is 2.65. The maximum atomic E-state index is 11.6. The van der Waals surface area contributed by atoms with Crippen molar-refractivity contribution in [2.75, 3.05) is 19.1 Å². The summed E-state index contributed by atoms with van der Waals surface area (Å²) in [5.41, 5.74) is 4.32. The molecule has 0 aliphatic heterocycles. The van der Waals surface area contributed by atoms with E-state index in [1.165, 1.54) is 18.4 Å². The number of hydrogen-bond donors (Lipinski definition) is 1. The van der Waals surface area contributed by atoms with Gasteiger partial charge in [-0.2, -0.15) is 5.10 Å². The van der Waals surface area contributed by atoms with Gasteiger partial charge in [0, 0.05) is 5.56 Å². The monoisotopic (exact) mass is 333 g/mol. The van der Waals surface area contributed by atoms with Crippen molar-refractivity contribution >= 4 is 28.7 Å². The fourth-order valence-electron chi connectivity index (χ4n) is 1.81. The molecule has 23 heavy (non-hydrogen) atoms. The number of hydrazone groups is 1. The summed E-state index contributed by atoms with van der Waals surface area (Å²) < 4.78 is 10.4. The Balaban J connectivity index is 2.06. The van der Waals surface area contributed by atoms with Crippen molar-refractivity contribution in [3.05, 3.63) is 40.4 Å². The van der Waals surface area contributed by atoms with Gasteiger partial charge in [0.05, 0.1) is 25.6 Å².